The van der Waals surface area contributed by atoms with Crippen molar-refractivity contribution in [2.75, 3.05) is 42.9 Å². The van der Waals surface area contributed by atoms with Crippen LogP contribution in [0.25, 0.3) is 0 Å². The number of carbonyl (C=O) groups is 2. The fraction of sp³-hybridized carbons (Fsp3) is 0.417. The van der Waals surface area contributed by atoms with Gasteiger partial charge in [-0.15, -0.1) is 0 Å². The summed E-state index contributed by atoms with van der Waals surface area (Å²) in [6, 6.07) is 17.2. The largest absolute Gasteiger partial charge is 0.443 e. The third kappa shape index (κ3) is 5.76. The number of cyclic esters (lactones) is 1. The molecule has 31 heavy (non-hydrogen) atoms. The maximum atomic E-state index is 12.3. The molecule has 2 N–H and O–H groups in total. The summed E-state index contributed by atoms with van der Waals surface area (Å²) in [5.74, 6) is 0.389. The quantitative estimate of drug-likeness (QED) is 0.742. The third-order valence-electron chi connectivity index (χ3n) is 5.87. The van der Waals surface area contributed by atoms with Crippen molar-refractivity contribution in [3.05, 3.63) is 60.2 Å². The number of para-hydroxylation sites is 1. The molecule has 2 fully saturated rings. The van der Waals surface area contributed by atoms with E-state index in [4.69, 9.17) is 4.74 Å². The zero-order valence-corrected chi connectivity index (χ0v) is 17.9. The van der Waals surface area contributed by atoms with Gasteiger partial charge in [-0.1, -0.05) is 35.9 Å². The summed E-state index contributed by atoms with van der Waals surface area (Å²) in [4.78, 5) is 28.5. The molecule has 2 aromatic rings. The van der Waals surface area contributed by atoms with Crippen LogP contribution in [0, 0.1) is 12.8 Å². The number of nitrogens with zero attached hydrogens (tertiary/aromatic N) is 2. The maximum absolute atomic E-state index is 12.3. The predicted octanol–water partition coefficient (Wildman–Crippen LogP) is 3.85. The lowest BCUT2D eigenvalue weighted by atomic mass is 9.97. The second-order valence-electron chi connectivity index (χ2n) is 8.42. The Kier molecular flexibility index (Phi) is 6.72. The first kappa shape index (κ1) is 21.2. The lowest BCUT2D eigenvalue weighted by molar-refractivity contribution is 0.0877. The van der Waals surface area contributed by atoms with Gasteiger partial charge in [0.15, 0.2) is 0 Å². The fourth-order valence-electron chi connectivity index (χ4n) is 4.26. The van der Waals surface area contributed by atoms with Gasteiger partial charge in [0.25, 0.3) is 0 Å². The molecule has 3 amide bonds. The average Bonchev–Trinajstić information content (AvgIpc) is 3.15. The molecular formula is C24H30N4O3. The second kappa shape index (κ2) is 9.83. The number of urea groups is 1. The van der Waals surface area contributed by atoms with Crippen molar-refractivity contribution in [2.45, 2.75) is 25.9 Å². The van der Waals surface area contributed by atoms with Crippen LogP contribution in [-0.4, -0.2) is 55.9 Å². The summed E-state index contributed by atoms with van der Waals surface area (Å²) in [7, 11) is 0. The fourth-order valence-corrected chi connectivity index (χ4v) is 4.26. The van der Waals surface area contributed by atoms with E-state index >= 15 is 0 Å². The van der Waals surface area contributed by atoms with E-state index in [2.05, 4.69) is 15.5 Å². The number of carbonyl (C=O) groups excluding carboxylic acids is 2. The van der Waals surface area contributed by atoms with Gasteiger partial charge >= 0.3 is 12.1 Å². The van der Waals surface area contributed by atoms with E-state index in [1.807, 2.05) is 61.5 Å². The molecule has 2 saturated heterocycles. The van der Waals surface area contributed by atoms with Crippen LogP contribution in [0.3, 0.4) is 0 Å². The van der Waals surface area contributed by atoms with Crippen LogP contribution in [0.15, 0.2) is 54.6 Å². The maximum Gasteiger partial charge on any atom is 0.414 e. The van der Waals surface area contributed by atoms with Crippen LogP contribution in [0.4, 0.5) is 21.0 Å². The zero-order chi connectivity index (χ0) is 21.6. The Labute approximate surface area is 183 Å². The number of ether oxygens (including phenoxy) is 1. The van der Waals surface area contributed by atoms with Crippen molar-refractivity contribution in [1.82, 2.24) is 10.2 Å². The molecule has 2 unspecified atom stereocenters. The highest BCUT2D eigenvalue weighted by Gasteiger charge is 2.34. The van der Waals surface area contributed by atoms with Crippen molar-refractivity contribution >= 4 is 23.5 Å². The van der Waals surface area contributed by atoms with Crippen molar-refractivity contribution in [3.63, 3.8) is 0 Å². The zero-order valence-electron chi connectivity index (χ0n) is 17.9. The molecule has 0 saturated carbocycles. The van der Waals surface area contributed by atoms with Gasteiger partial charge in [-0.2, -0.15) is 0 Å². The number of piperidine rings is 1. The van der Waals surface area contributed by atoms with E-state index in [0.29, 0.717) is 19.0 Å². The molecule has 2 atom stereocenters. The summed E-state index contributed by atoms with van der Waals surface area (Å²) in [6.45, 7) is 5.83. The predicted molar refractivity (Wildman–Crippen MR) is 121 cm³/mol. The molecule has 0 aliphatic carbocycles. The molecule has 164 valence electrons. The molecule has 0 spiro atoms. The highest BCUT2D eigenvalue weighted by Crippen LogP contribution is 2.23. The Morgan fingerprint density at radius 3 is 2.65 bits per heavy atom. The summed E-state index contributed by atoms with van der Waals surface area (Å²) >= 11 is 0. The Hall–Kier alpha value is -3.06. The summed E-state index contributed by atoms with van der Waals surface area (Å²) in [5, 5.41) is 5.87. The Bertz CT molecular complexity index is 887. The number of anilines is 2. The minimum atomic E-state index is -0.279. The minimum Gasteiger partial charge on any atom is -0.443 e. The average molecular weight is 423 g/mol. The molecule has 0 radical (unpaired) electrons. The van der Waals surface area contributed by atoms with Gasteiger partial charge in [0.1, 0.15) is 6.10 Å². The molecular weight excluding hydrogens is 392 g/mol. The van der Waals surface area contributed by atoms with Crippen molar-refractivity contribution < 1.29 is 14.3 Å². The molecule has 7 nitrogen and oxygen atoms in total. The monoisotopic (exact) mass is 422 g/mol. The van der Waals surface area contributed by atoms with Crippen LogP contribution >= 0.6 is 0 Å². The Balaban J connectivity index is 1.22. The van der Waals surface area contributed by atoms with Gasteiger partial charge < -0.3 is 15.4 Å². The SMILES string of the molecule is Cc1ccc(NC(=O)NCC2CCCN(CC3CN(c4ccccc4)C(=O)O3)C2)cc1. The van der Waals surface area contributed by atoms with Gasteiger partial charge in [0, 0.05) is 31.0 Å². The molecule has 2 aliphatic heterocycles. The number of aryl methyl sites for hydroxylation is 1. The smallest absolute Gasteiger partial charge is 0.414 e. The van der Waals surface area contributed by atoms with Crippen molar-refractivity contribution in [2.24, 2.45) is 5.92 Å². The van der Waals surface area contributed by atoms with Crippen molar-refractivity contribution in [3.8, 4) is 0 Å². The van der Waals surface area contributed by atoms with Gasteiger partial charge in [0.05, 0.1) is 6.54 Å². The number of benzene rings is 2. The number of hydrogen-bond donors (Lipinski definition) is 2. The van der Waals surface area contributed by atoms with Crippen LogP contribution in [0.1, 0.15) is 18.4 Å². The first-order valence-corrected chi connectivity index (χ1v) is 10.9. The van der Waals surface area contributed by atoms with Crippen LogP contribution in [-0.2, 0) is 4.74 Å². The number of rotatable bonds is 6. The molecule has 0 bridgehead atoms. The standard InChI is InChI=1S/C24H30N4O3/c1-18-9-11-20(12-10-18)26-23(29)25-14-19-6-5-13-27(15-19)16-22-17-28(24(30)31-22)21-7-3-2-4-8-21/h2-4,7-12,19,22H,5-6,13-17H2,1H3,(H2,25,26,29). The number of amides is 3. The first-order chi connectivity index (χ1) is 15.1. The van der Waals surface area contributed by atoms with E-state index in [-0.39, 0.29) is 18.2 Å². The Morgan fingerprint density at radius 1 is 1.10 bits per heavy atom. The van der Waals surface area contributed by atoms with Crippen LogP contribution < -0.4 is 15.5 Å². The van der Waals surface area contributed by atoms with E-state index in [0.717, 1.165) is 49.4 Å². The van der Waals surface area contributed by atoms with Crippen LogP contribution in [0.5, 0.6) is 0 Å². The molecule has 0 aromatic heterocycles. The van der Waals surface area contributed by atoms with Crippen molar-refractivity contribution in [1.29, 1.82) is 0 Å². The first-order valence-electron chi connectivity index (χ1n) is 10.9. The molecule has 7 heteroatoms. The second-order valence-corrected chi connectivity index (χ2v) is 8.42. The minimum absolute atomic E-state index is 0.135. The van der Waals surface area contributed by atoms with Gasteiger partial charge in [-0.3, -0.25) is 9.80 Å². The number of nitrogens with one attached hydrogen (secondary N) is 2. The number of likely N-dealkylation sites (tertiary alicyclic amines) is 1. The number of hydrogen-bond acceptors (Lipinski definition) is 4. The lowest BCUT2D eigenvalue weighted by Gasteiger charge is -2.33. The Morgan fingerprint density at radius 2 is 1.87 bits per heavy atom. The van der Waals surface area contributed by atoms with E-state index in [1.54, 1.807) is 4.90 Å². The highest BCUT2D eigenvalue weighted by atomic mass is 16.6. The van der Waals surface area contributed by atoms with E-state index in [9.17, 15) is 9.59 Å². The van der Waals surface area contributed by atoms with Crippen LogP contribution in [0.2, 0.25) is 0 Å². The summed E-state index contributed by atoms with van der Waals surface area (Å²) in [6.07, 6.45) is 1.75. The summed E-state index contributed by atoms with van der Waals surface area (Å²) in [5.41, 5.74) is 2.82. The normalized spacial score (nSPS) is 21.6. The summed E-state index contributed by atoms with van der Waals surface area (Å²) < 4.78 is 5.60. The van der Waals surface area contributed by atoms with Gasteiger partial charge in [-0.25, -0.2) is 9.59 Å². The third-order valence-corrected chi connectivity index (χ3v) is 5.87. The topological polar surface area (TPSA) is 73.9 Å². The molecule has 2 aliphatic rings. The van der Waals surface area contributed by atoms with E-state index < -0.39 is 0 Å². The van der Waals surface area contributed by atoms with Gasteiger partial charge in [-0.05, 0) is 56.5 Å². The lowest BCUT2D eigenvalue weighted by Crippen LogP contribution is -2.45. The molecule has 2 heterocycles. The van der Waals surface area contributed by atoms with E-state index in [1.165, 1.54) is 0 Å². The van der Waals surface area contributed by atoms with Gasteiger partial charge in [0.2, 0.25) is 0 Å². The molecule has 2 aromatic carbocycles. The highest BCUT2D eigenvalue weighted by molar-refractivity contribution is 5.90. The molecule has 4 rings (SSSR count).